The molecule has 7 nitrogen and oxygen atoms in total. The minimum Gasteiger partial charge on any atom is -0.482 e. The Labute approximate surface area is 127 Å². The quantitative estimate of drug-likeness (QED) is 0.785. The standard InChI is InChI=1S/C15H18N2O5/c1-17-8-11(6-13(17)18)15(21)16-7-10-3-2-4-12(5-10)22-9-14(19)20/h2-5,11H,6-9H2,1H3,(H,16,21)(H,19,20). The summed E-state index contributed by atoms with van der Waals surface area (Å²) in [6, 6.07) is 6.86. The van der Waals surface area contributed by atoms with Crippen LogP contribution < -0.4 is 10.1 Å². The SMILES string of the molecule is CN1CC(C(=O)NCc2cccc(OCC(=O)O)c2)CC1=O. The largest absolute Gasteiger partial charge is 0.482 e. The van der Waals surface area contributed by atoms with E-state index in [0.717, 1.165) is 5.56 Å². The van der Waals surface area contributed by atoms with Crippen LogP contribution in [0.4, 0.5) is 0 Å². The normalized spacial score (nSPS) is 17.4. The van der Waals surface area contributed by atoms with E-state index in [4.69, 9.17) is 9.84 Å². The Morgan fingerprint density at radius 2 is 2.23 bits per heavy atom. The van der Waals surface area contributed by atoms with Crippen molar-refractivity contribution < 1.29 is 24.2 Å². The highest BCUT2D eigenvalue weighted by atomic mass is 16.5. The summed E-state index contributed by atoms with van der Waals surface area (Å²) < 4.78 is 5.08. The van der Waals surface area contributed by atoms with Crippen LogP contribution in [0.2, 0.25) is 0 Å². The van der Waals surface area contributed by atoms with E-state index in [9.17, 15) is 14.4 Å². The van der Waals surface area contributed by atoms with E-state index in [1.165, 1.54) is 0 Å². The average Bonchev–Trinajstić information content (AvgIpc) is 2.83. The molecule has 1 unspecified atom stereocenters. The molecule has 1 aliphatic heterocycles. The maximum Gasteiger partial charge on any atom is 0.341 e. The molecule has 0 radical (unpaired) electrons. The van der Waals surface area contributed by atoms with Gasteiger partial charge in [0.25, 0.3) is 0 Å². The molecule has 1 fully saturated rings. The molecule has 1 aliphatic rings. The van der Waals surface area contributed by atoms with Crippen molar-refractivity contribution in [3.63, 3.8) is 0 Å². The third-order valence-electron chi connectivity index (χ3n) is 3.44. The van der Waals surface area contributed by atoms with E-state index in [1.54, 1.807) is 36.2 Å². The zero-order valence-electron chi connectivity index (χ0n) is 12.2. The number of nitrogens with zero attached hydrogens (tertiary/aromatic N) is 1. The van der Waals surface area contributed by atoms with E-state index in [-0.39, 0.29) is 24.2 Å². The lowest BCUT2D eigenvalue weighted by atomic mass is 10.1. The summed E-state index contributed by atoms with van der Waals surface area (Å²) in [5.41, 5.74) is 0.800. The molecule has 0 aromatic heterocycles. The lowest BCUT2D eigenvalue weighted by molar-refractivity contribution is -0.139. The van der Waals surface area contributed by atoms with Crippen LogP contribution in [0.25, 0.3) is 0 Å². The second-order valence-corrected chi connectivity index (χ2v) is 5.22. The predicted molar refractivity (Wildman–Crippen MR) is 77.2 cm³/mol. The third-order valence-corrected chi connectivity index (χ3v) is 3.44. The van der Waals surface area contributed by atoms with Gasteiger partial charge in [-0.25, -0.2) is 4.79 Å². The van der Waals surface area contributed by atoms with Gasteiger partial charge in [0.2, 0.25) is 11.8 Å². The Hall–Kier alpha value is -2.57. The topological polar surface area (TPSA) is 95.9 Å². The minimum atomic E-state index is -1.05. The Morgan fingerprint density at radius 3 is 2.86 bits per heavy atom. The number of benzene rings is 1. The van der Waals surface area contributed by atoms with Gasteiger partial charge in [0, 0.05) is 26.6 Å². The van der Waals surface area contributed by atoms with Gasteiger partial charge in [0.05, 0.1) is 5.92 Å². The number of likely N-dealkylation sites (tertiary alicyclic amines) is 1. The Kier molecular flexibility index (Phi) is 4.98. The predicted octanol–water partition coefficient (Wildman–Crippen LogP) is 0.244. The lowest BCUT2D eigenvalue weighted by Crippen LogP contribution is -2.31. The number of amides is 2. The van der Waals surface area contributed by atoms with Gasteiger partial charge in [-0.3, -0.25) is 9.59 Å². The third kappa shape index (κ3) is 4.21. The van der Waals surface area contributed by atoms with Crippen molar-refractivity contribution in [1.82, 2.24) is 10.2 Å². The van der Waals surface area contributed by atoms with Crippen LogP contribution in [0.15, 0.2) is 24.3 Å². The molecule has 0 bridgehead atoms. The van der Waals surface area contributed by atoms with Crippen LogP contribution in [0.3, 0.4) is 0 Å². The molecule has 1 heterocycles. The van der Waals surface area contributed by atoms with Crippen LogP contribution >= 0.6 is 0 Å². The van der Waals surface area contributed by atoms with Crippen LogP contribution in [-0.4, -0.2) is 48.0 Å². The Morgan fingerprint density at radius 1 is 1.45 bits per heavy atom. The number of hydrogen-bond donors (Lipinski definition) is 2. The molecule has 0 saturated carbocycles. The molecular weight excluding hydrogens is 288 g/mol. The van der Waals surface area contributed by atoms with Gasteiger partial charge in [-0.05, 0) is 17.7 Å². The molecule has 0 aliphatic carbocycles. The van der Waals surface area contributed by atoms with Crippen LogP contribution in [-0.2, 0) is 20.9 Å². The molecule has 1 atom stereocenters. The second kappa shape index (κ2) is 6.93. The summed E-state index contributed by atoms with van der Waals surface area (Å²) in [6.07, 6.45) is 0.240. The molecule has 118 valence electrons. The molecule has 1 saturated heterocycles. The van der Waals surface area contributed by atoms with Gasteiger partial charge in [0.1, 0.15) is 5.75 Å². The van der Waals surface area contributed by atoms with Crippen LogP contribution in [0, 0.1) is 5.92 Å². The van der Waals surface area contributed by atoms with Crippen molar-refractivity contribution in [1.29, 1.82) is 0 Å². The highest BCUT2D eigenvalue weighted by molar-refractivity contribution is 5.89. The number of ether oxygens (including phenoxy) is 1. The van der Waals surface area contributed by atoms with E-state index in [2.05, 4.69) is 5.32 Å². The van der Waals surface area contributed by atoms with E-state index < -0.39 is 12.6 Å². The average molecular weight is 306 g/mol. The summed E-state index contributed by atoms with van der Waals surface area (Å²) in [4.78, 5) is 35.4. The monoisotopic (exact) mass is 306 g/mol. The number of carbonyl (C=O) groups is 3. The fourth-order valence-corrected chi connectivity index (χ4v) is 2.26. The van der Waals surface area contributed by atoms with Gasteiger partial charge in [-0.15, -0.1) is 0 Å². The molecule has 1 aromatic carbocycles. The zero-order chi connectivity index (χ0) is 16.1. The van der Waals surface area contributed by atoms with Gasteiger partial charge < -0.3 is 20.1 Å². The van der Waals surface area contributed by atoms with E-state index in [0.29, 0.717) is 18.8 Å². The molecule has 0 spiro atoms. The summed E-state index contributed by atoms with van der Waals surface area (Å²) in [5.74, 6) is -1.11. The number of carbonyl (C=O) groups excluding carboxylic acids is 2. The van der Waals surface area contributed by atoms with Gasteiger partial charge >= 0.3 is 5.97 Å². The number of nitrogens with one attached hydrogen (secondary N) is 1. The Bertz CT molecular complexity index is 587. The first-order valence-corrected chi connectivity index (χ1v) is 6.91. The molecule has 2 rings (SSSR count). The van der Waals surface area contributed by atoms with Crippen molar-refractivity contribution in [3.05, 3.63) is 29.8 Å². The lowest BCUT2D eigenvalue weighted by Gasteiger charge is -2.11. The first-order valence-electron chi connectivity index (χ1n) is 6.91. The van der Waals surface area contributed by atoms with Crippen LogP contribution in [0.5, 0.6) is 5.75 Å². The minimum absolute atomic E-state index is 0.0239. The fourth-order valence-electron chi connectivity index (χ4n) is 2.26. The molecule has 2 N–H and O–H groups in total. The molecular formula is C15H18N2O5. The van der Waals surface area contributed by atoms with Crippen molar-refractivity contribution in [2.24, 2.45) is 5.92 Å². The van der Waals surface area contributed by atoms with Gasteiger partial charge in [-0.1, -0.05) is 12.1 Å². The summed E-state index contributed by atoms with van der Waals surface area (Å²) in [7, 11) is 1.68. The second-order valence-electron chi connectivity index (χ2n) is 5.22. The molecule has 7 heteroatoms. The number of hydrogen-bond acceptors (Lipinski definition) is 4. The highest BCUT2D eigenvalue weighted by Gasteiger charge is 2.31. The maximum atomic E-state index is 12.0. The number of rotatable bonds is 6. The fraction of sp³-hybridized carbons (Fsp3) is 0.400. The number of aliphatic carboxylic acids is 1. The molecule has 22 heavy (non-hydrogen) atoms. The number of carboxylic acid groups (broad SMARTS) is 1. The zero-order valence-corrected chi connectivity index (χ0v) is 12.2. The Balaban J connectivity index is 1.86. The van der Waals surface area contributed by atoms with Crippen LogP contribution in [0.1, 0.15) is 12.0 Å². The van der Waals surface area contributed by atoms with Gasteiger partial charge in [0.15, 0.2) is 6.61 Å². The van der Waals surface area contributed by atoms with Crippen molar-refractivity contribution in [2.45, 2.75) is 13.0 Å². The first kappa shape index (κ1) is 15.8. The van der Waals surface area contributed by atoms with Crippen molar-refractivity contribution in [2.75, 3.05) is 20.2 Å². The summed E-state index contributed by atoms with van der Waals surface area (Å²) in [6.45, 7) is 0.330. The molecule has 1 aromatic rings. The number of carboxylic acids is 1. The maximum absolute atomic E-state index is 12.0. The molecule has 2 amide bonds. The van der Waals surface area contributed by atoms with E-state index in [1.807, 2.05) is 0 Å². The van der Waals surface area contributed by atoms with Gasteiger partial charge in [-0.2, -0.15) is 0 Å². The summed E-state index contributed by atoms with van der Waals surface area (Å²) in [5, 5.41) is 11.4. The highest BCUT2D eigenvalue weighted by Crippen LogP contribution is 2.17. The summed E-state index contributed by atoms with van der Waals surface area (Å²) >= 11 is 0. The van der Waals surface area contributed by atoms with Crippen molar-refractivity contribution in [3.8, 4) is 5.75 Å². The van der Waals surface area contributed by atoms with E-state index >= 15 is 0 Å². The van der Waals surface area contributed by atoms with Crippen molar-refractivity contribution >= 4 is 17.8 Å². The smallest absolute Gasteiger partial charge is 0.341 e. The first-order chi connectivity index (χ1) is 10.5.